The van der Waals surface area contributed by atoms with E-state index in [1.54, 1.807) is 0 Å². The van der Waals surface area contributed by atoms with Crippen molar-refractivity contribution in [3.63, 3.8) is 0 Å². The number of nitrogens with zero attached hydrogens (tertiary/aromatic N) is 1. The van der Waals surface area contributed by atoms with Crippen LogP contribution in [0.25, 0.3) is 0 Å². The van der Waals surface area contributed by atoms with Crippen molar-refractivity contribution in [1.29, 1.82) is 0 Å². The van der Waals surface area contributed by atoms with Gasteiger partial charge < -0.3 is 5.73 Å². The van der Waals surface area contributed by atoms with Crippen molar-refractivity contribution in [3.05, 3.63) is 0 Å². The van der Waals surface area contributed by atoms with E-state index < -0.39 is 0 Å². The minimum Gasteiger partial charge on any atom is -0.318 e. The molecule has 0 radical (unpaired) electrons. The van der Waals surface area contributed by atoms with E-state index in [-0.39, 0.29) is 0 Å². The van der Waals surface area contributed by atoms with Crippen molar-refractivity contribution < 1.29 is 0 Å². The first-order valence-corrected chi connectivity index (χ1v) is 1.62. The lowest BCUT2D eigenvalue weighted by atomic mass is 10.9. The molecule has 0 unspecified atom stereocenters. The Morgan fingerprint density at radius 2 is 1.80 bits per heavy atom. The van der Waals surface area contributed by atoms with Crippen molar-refractivity contribution in [2.45, 2.75) is 0 Å². The first kappa shape index (κ1) is 4.92. The van der Waals surface area contributed by atoms with Crippen LogP contribution in [0, 0.1) is 0 Å². The standard InChI is InChI=1S/C3H10N2/c1-5(2)3-4/h3-4H2,1-2H3. The molecule has 0 amide bonds. The zero-order valence-electron chi connectivity index (χ0n) is 3.73. The maximum Gasteiger partial charge on any atom is 0.0449 e. The van der Waals surface area contributed by atoms with E-state index in [0.717, 1.165) is 0 Å². The number of hydrogen-bond donors (Lipinski definition) is 1. The van der Waals surface area contributed by atoms with Gasteiger partial charge in [-0.05, 0) is 14.1 Å². The SMILES string of the molecule is CN(C)CN. The van der Waals surface area contributed by atoms with Crippen LogP contribution in [0.15, 0.2) is 0 Å². The van der Waals surface area contributed by atoms with E-state index in [9.17, 15) is 0 Å². The Morgan fingerprint density at radius 3 is 1.80 bits per heavy atom. The highest BCUT2D eigenvalue weighted by molar-refractivity contribution is 4.23. The molecule has 0 atom stereocenters. The average Bonchev–Trinajstić information content (AvgIpc) is 1.38. The van der Waals surface area contributed by atoms with E-state index in [4.69, 9.17) is 5.73 Å². The fourth-order valence-corrected chi connectivity index (χ4v) is 0. The normalized spacial score (nSPS) is 9.60. The van der Waals surface area contributed by atoms with Gasteiger partial charge in [-0.15, -0.1) is 0 Å². The molecule has 0 heterocycles. The fraction of sp³-hybridized carbons (Fsp3) is 1.00. The summed E-state index contributed by atoms with van der Waals surface area (Å²) < 4.78 is 0. The molecule has 0 saturated heterocycles. The Hall–Kier alpha value is -0.0800. The highest BCUT2D eigenvalue weighted by atomic mass is 15.1. The van der Waals surface area contributed by atoms with Gasteiger partial charge in [0.1, 0.15) is 0 Å². The Kier molecular flexibility index (Phi) is 2.14. The lowest BCUT2D eigenvalue weighted by Gasteiger charge is -2.00. The summed E-state index contributed by atoms with van der Waals surface area (Å²) in [6, 6.07) is 0. The maximum atomic E-state index is 5.10. The van der Waals surface area contributed by atoms with Crippen molar-refractivity contribution in [1.82, 2.24) is 4.90 Å². The number of rotatable bonds is 1. The molecule has 0 aromatic heterocycles. The summed E-state index contributed by atoms with van der Waals surface area (Å²) in [5.41, 5.74) is 5.10. The smallest absolute Gasteiger partial charge is 0.0449 e. The summed E-state index contributed by atoms with van der Waals surface area (Å²) in [5, 5.41) is 0. The lowest BCUT2D eigenvalue weighted by Crippen LogP contribution is -2.20. The van der Waals surface area contributed by atoms with Crippen LogP contribution in [0.4, 0.5) is 0 Å². The summed E-state index contributed by atoms with van der Waals surface area (Å²) in [6.07, 6.45) is 0. The summed E-state index contributed by atoms with van der Waals surface area (Å²) in [7, 11) is 3.86. The van der Waals surface area contributed by atoms with Crippen LogP contribution in [0.2, 0.25) is 0 Å². The first-order valence-electron chi connectivity index (χ1n) is 1.62. The molecule has 0 saturated carbocycles. The van der Waals surface area contributed by atoms with E-state index >= 15 is 0 Å². The molecular weight excluding hydrogens is 64.0 g/mol. The molecule has 32 valence electrons. The second kappa shape index (κ2) is 2.18. The molecule has 0 aromatic rings. The van der Waals surface area contributed by atoms with Crippen molar-refractivity contribution in [2.24, 2.45) is 5.73 Å². The number of nitrogens with two attached hydrogens (primary N) is 1. The average molecular weight is 74.1 g/mol. The highest BCUT2D eigenvalue weighted by Crippen LogP contribution is 1.55. The first-order chi connectivity index (χ1) is 2.27. The van der Waals surface area contributed by atoms with Crippen LogP contribution in [-0.4, -0.2) is 25.7 Å². The molecule has 2 N–H and O–H groups in total. The van der Waals surface area contributed by atoms with Crippen LogP contribution < -0.4 is 5.73 Å². The van der Waals surface area contributed by atoms with Gasteiger partial charge in [0.05, 0.1) is 0 Å². The summed E-state index contributed by atoms with van der Waals surface area (Å²) in [5.74, 6) is 0. The van der Waals surface area contributed by atoms with Crippen LogP contribution in [0.1, 0.15) is 0 Å². The Balaban J connectivity index is 2.54. The van der Waals surface area contributed by atoms with Gasteiger partial charge in [-0.2, -0.15) is 0 Å². The van der Waals surface area contributed by atoms with Crippen LogP contribution >= 0.6 is 0 Å². The Labute approximate surface area is 32.6 Å². The molecule has 2 nitrogen and oxygen atoms in total. The molecular formula is C3H10N2. The molecule has 0 aromatic carbocycles. The van der Waals surface area contributed by atoms with E-state index in [1.165, 1.54) is 0 Å². The predicted octanol–water partition coefficient (Wildman–Crippen LogP) is -0.536. The van der Waals surface area contributed by atoms with Crippen LogP contribution in [0.3, 0.4) is 0 Å². The van der Waals surface area contributed by atoms with Crippen molar-refractivity contribution in [2.75, 3.05) is 20.8 Å². The predicted molar refractivity (Wildman–Crippen MR) is 22.7 cm³/mol. The molecule has 0 fully saturated rings. The second-order valence-electron chi connectivity index (χ2n) is 1.26. The lowest BCUT2D eigenvalue weighted by molar-refractivity contribution is 0.423. The topological polar surface area (TPSA) is 29.3 Å². The summed E-state index contributed by atoms with van der Waals surface area (Å²) >= 11 is 0. The van der Waals surface area contributed by atoms with Gasteiger partial charge in [0.15, 0.2) is 0 Å². The van der Waals surface area contributed by atoms with Gasteiger partial charge in [-0.3, -0.25) is 4.90 Å². The molecule has 0 spiro atoms. The van der Waals surface area contributed by atoms with Gasteiger partial charge in [0, 0.05) is 6.67 Å². The van der Waals surface area contributed by atoms with Crippen molar-refractivity contribution >= 4 is 0 Å². The molecule has 0 bridgehead atoms. The quantitative estimate of drug-likeness (QED) is 0.423. The van der Waals surface area contributed by atoms with Crippen LogP contribution in [0.5, 0.6) is 0 Å². The molecule has 0 rings (SSSR count). The third kappa shape index (κ3) is 3.92. The zero-order chi connectivity index (χ0) is 4.28. The molecule has 0 aliphatic rings. The summed E-state index contributed by atoms with van der Waals surface area (Å²) in [4.78, 5) is 1.90. The molecule has 0 aliphatic heterocycles. The second-order valence-corrected chi connectivity index (χ2v) is 1.26. The third-order valence-corrected chi connectivity index (χ3v) is 0.365. The molecule has 5 heavy (non-hydrogen) atoms. The Morgan fingerprint density at radius 1 is 1.60 bits per heavy atom. The number of hydrogen-bond acceptors (Lipinski definition) is 2. The van der Waals surface area contributed by atoms with E-state index in [1.807, 2.05) is 19.0 Å². The largest absolute Gasteiger partial charge is 0.318 e. The maximum absolute atomic E-state index is 5.10. The van der Waals surface area contributed by atoms with E-state index in [0.29, 0.717) is 6.67 Å². The van der Waals surface area contributed by atoms with Gasteiger partial charge >= 0.3 is 0 Å². The van der Waals surface area contributed by atoms with Crippen molar-refractivity contribution in [3.8, 4) is 0 Å². The molecule has 0 aliphatic carbocycles. The fourth-order valence-electron chi connectivity index (χ4n) is 0. The highest BCUT2D eigenvalue weighted by Gasteiger charge is 1.71. The molecule has 2 heteroatoms. The van der Waals surface area contributed by atoms with Gasteiger partial charge in [0.2, 0.25) is 0 Å². The zero-order valence-corrected chi connectivity index (χ0v) is 3.73. The van der Waals surface area contributed by atoms with E-state index in [2.05, 4.69) is 0 Å². The minimum absolute atomic E-state index is 0.639. The third-order valence-electron chi connectivity index (χ3n) is 0.365. The summed E-state index contributed by atoms with van der Waals surface area (Å²) in [6.45, 7) is 0.639. The monoisotopic (exact) mass is 74.1 g/mol. The van der Waals surface area contributed by atoms with Gasteiger partial charge in [-0.25, -0.2) is 0 Å². The van der Waals surface area contributed by atoms with Gasteiger partial charge in [0.25, 0.3) is 0 Å². The van der Waals surface area contributed by atoms with Gasteiger partial charge in [-0.1, -0.05) is 0 Å². The minimum atomic E-state index is 0.639. The van der Waals surface area contributed by atoms with Crippen LogP contribution in [-0.2, 0) is 0 Å². The Bertz CT molecular complexity index is 18.9.